The van der Waals surface area contributed by atoms with Crippen LogP contribution in [0.1, 0.15) is 24.2 Å². The molecule has 1 N–H and O–H groups in total. The molecule has 1 aliphatic rings. The number of imidazole rings is 1. The standard InChI is InChI=1S/C21H22FN5O4S/c1-15-23-8-11-26(15)20-7-4-16(12-18(20)22)14-24-19-6-5-17(27(28)29)13-21(19)32(30,31)25-9-2-3-10-25/h4-8,11-13,24H,2-3,9-10,14H2,1H3. The number of aromatic nitrogens is 2. The molecule has 11 heteroatoms. The summed E-state index contributed by atoms with van der Waals surface area (Å²) in [7, 11) is -3.90. The average Bonchev–Trinajstić information content (AvgIpc) is 3.45. The molecule has 0 saturated carbocycles. The average molecular weight is 460 g/mol. The van der Waals surface area contributed by atoms with Crippen molar-refractivity contribution in [3.8, 4) is 5.69 Å². The fraction of sp³-hybridized carbons (Fsp3) is 0.286. The number of hydrogen-bond acceptors (Lipinski definition) is 6. The number of anilines is 1. The van der Waals surface area contributed by atoms with Crippen molar-refractivity contribution in [3.63, 3.8) is 0 Å². The molecule has 4 rings (SSSR count). The molecule has 1 fully saturated rings. The summed E-state index contributed by atoms with van der Waals surface area (Å²) in [4.78, 5) is 14.5. The molecule has 32 heavy (non-hydrogen) atoms. The number of non-ortho nitro benzene ring substituents is 1. The predicted molar refractivity (Wildman–Crippen MR) is 117 cm³/mol. The molecule has 1 aliphatic heterocycles. The van der Waals surface area contributed by atoms with Crippen LogP contribution < -0.4 is 5.32 Å². The minimum atomic E-state index is -3.90. The third-order valence-electron chi connectivity index (χ3n) is 5.44. The number of rotatable bonds is 7. The van der Waals surface area contributed by atoms with Gasteiger partial charge in [0.25, 0.3) is 5.69 Å². The summed E-state index contributed by atoms with van der Waals surface area (Å²) in [6.07, 6.45) is 4.75. The van der Waals surface area contributed by atoms with Crippen LogP contribution in [0.2, 0.25) is 0 Å². The Hall–Kier alpha value is -3.31. The van der Waals surface area contributed by atoms with Gasteiger partial charge in [-0.3, -0.25) is 10.1 Å². The molecule has 1 saturated heterocycles. The van der Waals surface area contributed by atoms with Gasteiger partial charge in [0, 0.05) is 44.2 Å². The molecule has 0 spiro atoms. The normalized spacial score (nSPS) is 14.6. The number of nitro benzene ring substituents is 1. The molecular weight excluding hydrogens is 437 g/mol. The molecule has 0 aliphatic carbocycles. The first-order valence-electron chi connectivity index (χ1n) is 10.1. The molecule has 0 radical (unpaired) electrons. The van der Waals surface area contributed by atoms with Crippen LogP contribution in [0.25, 0.3) is 5.69 Å². The number of sulfonamides is 1. The van der Waals surface area contributed by atoms with Crippen molar-refractivity contribution in [2.24, 2.45) is 0 Å². The van der Waals surface area contributed by atoms with Gasteiger partial charge >= 0.3 is 0 Å². The summed E-state index contributed by atoms with van der Waals surface area (Å²) >= 11 is 0. The fourth-order valence-electron chi connectivity index (χ4n) is 3.74. The van der Waals surface area contributed by atoms with E-state index in [1.54, 1.807) is 36.0 Å². The van der Waals surface area contributed by atoms with E-state index in [0.29, 0.717) is 30.2 Å². The second-order valence-corrected chi connectivity index (χ2v) is 9.44. The minimum Gasteiger partial charge on any atom is -0.380 e. The predicted octanol–water partition coefficient (Wildman–Crippen LogP) is 3.62. The van der Waals surface area contributed by atoms with Gasteiger partial charge < -0.3 is 9.88 Å². The van der Waals surface area contributed by atoms with Gasteiger partial charge in [-0.2, -0.15) is 4.31 Å². The van der Waals surface area contributed by atoms with Crippen LogP contribution in [-0.4, -0.2) is 40.3 Å². The summed E-state index contributed by atoms with van der Waals surface area (Å²) in [5.41, 5.74) is 0.875. The Balaban J connectivity index is 1.61. The number of aryl methyl sites for hydroxylation is 1. The highest BCUT2D eigenvalue weighted by atomic mass is 32.2. The van der Waals surface area contributed by atoms with Gasteiger partial charge in [-0.05, 0) is 43.5 Å². The van der Waals surface area contributed by atoms with Gasteiger partial charge in [0.05, 0.1) is 16.3 Å². The third kappa shape index (κ3) is 4.21. The zero-order valence-electron chi connectivity index (χ0n) is 17.4. The topological polar surface area (TPSA) is 110 Å². The molecule has 3 aromatic rings. The monoisotopic (exact) mass is 459 g/mol. The number of halogens is 1. The zero-order valence-corrected chi connectivity index (χ0v) is 18.2. The summed E-state index contributed by atoms with van der Waals surface area (Å²) in [5, 5.41) is 14.2. The first-order chi connectivity index (χ1) is 15.3. The van der Waals surface area contributed by atoms with Gasteiger partial charge in [0.1, 0.15) is 16.5 Å². The van der Waals surface area contributed by atoms with E-state index in [9.17, 15) is 22.9 Å². The molecule has 9 nitrogen and oxygen atoms in total. The summed E-state index contributed by atoms with van der Waals surface area (Å²) in [6.45, 7) is 2.67. The van der Waals surface area contributed by atoms with Gasteiger partial charge in [0.15, 0.2) is 0 Å². The number of nitro groups is 1. The lowest BCUT2D eigenvalue weighted by Crippen LogP contribution is -2.28. The summed E-state index contributed by atoms with van der Waals surface area (Å²) in [5.74, 6) is 0.205. The lowest BCUT2D eigenvalue weighted by atomic mass is 10.2. The van der Waals surface area contributed by atoms with E-state index < -0.39 is 20.8 Å². The van der Waals surface area contributed by atoms with Gasteiger partial charge in [-0.15, -0.1) is 0 Å². The third-order valence-corrected chi connectivity index (χ3v) is 7.38. The highest BCUT2D eigenvalue weighted by Crippen LogP contribution is 2.31. The van der Waals surface area contributed by atoms with Crippen LogP contribution in [-0.2, 0) is 16.6 Å². The smallest absolute Gasteiger partial charge is 0.270 e. The van der Waals surface area contributed by atoms with Gasteiger partial charge in [0.2, 0.25) is 10.0 Å². The van der Waals surface area contributed by atoms with Crippen LogP contribution in [0.3, 0.4) is 0 Å². The SMILES string of the molecule is Cc1nccn1-c1ccc(CNc2ccc([N+](=O)[O-])cc2S(=O)(=O)N2CCCC2)cc1F. The molecule has 2 heterocycles. The number of hydrogen-bond donors (Lipinski definition) is 1. The van der Waals surface area contributed by atoms with Crippen molar-refractivity contribution in [1.82, 2.24) is 13.9 Å². The van der Waals surface area contributed by atoms with Crippen LogP contribution in [0.15, 0.2) is 53.7 Å². The van der Waals surface area contributed by atoms with Crippen molar-refractivity contribution in [1.29, 1.82) is 0 Å². The second-order valence-electron chi connectivity index (χ2n) is 7.53. The number of nitrogens with zero attached hydrogens (tertiary/aromatic N) is 4. The number of benzene rings is 2. The van der Waals surface area contributed by atoms with Gasteiger partial charge in [-0.1, -0.05) is 6.07 Å². The van der Waals surface area contributed by atoms with Crippen LogP contribution >= 0.6 is 0 Å². The molecule has 0 atom stereocenters. The van der Waals surface area contributed by atoms with Crippen molar-refractivity contribution >= 4 is 21.4 Å². The van der Waals surface area contributed by atoms with E-state index >= 15 is 0 Å². The van der Waals surface area contributed by atoms with Crippen LogP contribution in [0, 0.1) is 22.9 Å². The van der Waals surface area contributed by atoms with Crippen LogP contribution in [0.4, 0.5) is 15.8 Å². The molecule has 0 amide bonds. The lowest BCUT2D eigenvalue weighted by Gasteiger charge is -2.19. The first kappa shape index (κ1) is 21.9. The summed E-state index contributed by atoms with van der Waals surface area (Å²) in [6, 6.07) is 8.41. The van der Waals surface area contributed by atoms with E-state index in [2.05, 4.69) is 10.3 Å². The fourth-order valence-corrected chi connectivity index (χ4v) is 5.44. The van der Waals surface area contributed by atoms with Crippen molar-refractivity contribution < 1.29 is 17.7 Å². The molecule has 0 unspecified atom stereocenters. The zero-order chi connectivity index (χ0) is 22.9. The Kier molecular flexibility index (Phi) is 5.94. The Morgan fingerprint density at radius 2 is 1.94 bits per heavy atom. The Bertz CT molecular complexity index is 1270. The Labute approximate surface area is 184 Å². The molecular formula is C21H22FN5O4S. The van der Waals surface area contributed by atoms with E-state index in [4.69, 9.17) is 0 Å². The summed E-state index contributed by atoms with van der Waals surface area (Å²) < 4.78 is 43.8. The Morgan fingerprint density at radius 3 is 2.56 bits per heavy atom. The van der Waals surface area contributed by atoms with Crippen molar-refractivity contribution in [2.75, 3.05) is 18.4 Å². The van der Waals surface area contributed by atoms with E-state index in [1.807, 2.05) is 0 Å². The number of nitrogens with one attached hydrogen (secondary N) is 1. The van der Waals surface area contributed by atoms with E-state index in [1.165, 1.54) is 22.5 Å². The Morgan fingerprint density at radius 1 is 1.19 bits per heavy atom. The first-order valence-corrected chi connectivity index (χ1v) is 11.5. The molecule has 1 aromatic heterocycles. The maximum atomic E-state index is 14.7. The quantitative estimate of drug-likeness (QED) is 0.427. The highest BCUT2D eigenvalue weighted by Gasteiger charge is 2.31. The maximum Gasteiger partial charge on any atom is 0.270 e. The minimum absolute atomic E-state index is 0.139. The molecule has 168 valence electrons. The van der Waals surface area contributed by atoms with Gasteiger partial charge in [-0.25, -0.2) is 17.8 Å². The largest absolute Gasteiger partial charge is 0.380 e. The molecule has 2 aromatic carbocycles. The van der Waals surface area contributed by atoms with Crippen molar-refractivity contribution in [3.05, 3.63) is 76.1 Å². The van der Waals surface area contributed by atoms with E-state index in [-0.39, 0.29) is 22.8 Å². The van der Waals surface area contributed by atoms with Crippen molar-refractivity contribution in [2.45, 2.75) is 31.2 Å². The highest BCUT2D eigenvalue weighted by molar-refractivity contribution is 7.89. The lowest BCUT2D eigenvalue weighted by molar-refractivity contribution is -0.385. The molecule has 0 bridgehead atoms. The second kappa shape index (κ2) is 8.67. The van der Waals surface area contributed by atoms with E-state index in [0.717, 1.165) is 18.9 Å². The van der Waals surface area contributed by atoms with Crippen LogP contribution in [0.5, 0.6) is 0 Å². The maximum absolute atomic E-state index is 14.7.